The van der Waals surface area contributed by atoms with E-state index in [9.17, 15) is 0 Å². The summed E-state index contributed by atoms with van der Waals surface area (Å²) in [5.41, 5.74) is 10.8. The van der Waals surface area contributed by atoms with Crippen LogP contribution in [0.5, 0.6) is 5.75 Å². The van der Waals surface area contributed by atoms with Crippen LogP contribution >= 0.6 is 15.9 Å². The van der Waals surface area contributed by atoms with Crippen LogP contribution in [-0.2, 0) is 18.3 Å². The lowest BCUT2D eigenvalue weighted by molar-refractivity contribution is 0.389. The van der Waals surface area contributed by atoms with Crippen molar-refractivity contribution in [3.63, 3.8) is 0 Å². The summed E-state index contributed by atoms with van der Waals surface area (Å²) in [5.74, 6) is 1.55. The molecule has 0 amide bonds. The zero-order valence-corrected chi connectivity index (χ0v) is 14.3. The molecule has 114 valence electrons. The zero-order chi connectivity index (χ0) is 15.3. The van der Waals surface area contributed by atoms with Crippen molar-refractivity contribution < 1.29 is 4.74 Å². The predicted molar refractivity (Wildman–Crippen MR) is 92.3 cm³/mol. The summed E-state index contributed by atoms with van der Waals surface area (Å²) < 4.78 is 6.66. The van der Waals surface area contributed by atoms with Gasteiger partial charge in [0, 0.05) is 15.9 Å². The Kier molecular flexibility index (Phi) is 3.31. The number of halogens is 1. The van der Waals surface area contributed by atoms with Crippen LogP contribution in [0.2, 0.25) is 0 Å². The molecule has 22 heavy (non-hydrogen) atoms. The first-order valence-electron chi connectivity index (χ1n) is 7.81. The summed E-state index contributed by atoms with van der Waals surface area (Å²) in [4.78, 5) is 0. The molecule has 2 aliphatic carbocycles. The van der Waals surface area contributed by atoms with E-state index < -0.39 is 0 Å². The number of ether oxygens (including phenoxy) is 1. The monoisotopic (exact) mass is 357 g/mol. The fraction of sp³-hybridized carbons (Fsp3) is 0.368. The standard InChI is InChI=1S/C19H20BrNO/c1-22-17-7-6-15(20)10-13(17)9-14-8-12-4-2-3-5-16(12)19(14)11-18(19)21/h2-7,10,14,18H,8-9,11,21H2,1H3. The highest BCUT2D eigenvalue weighted by Crippen LogP contribution is 2.59. The maximum Gasteiger partial charge on any atom is 0.122 e. The highest BCUT2D eigenvalue weighted by atomic mass is 79.9. The van der Waals surface area contributed by atoms with E-state index >= 15 is 0 Å². The summed E-state index contributed by atoms with van der Waals surface area (Å²) in [7, 11) is 1.74. The fourth-order valence-corrected chi connectivity index (χ4v) is 4.74. The third-order valence-electron chi connectivity index (χ3n) is 5.48. The Hall–Kier alpha value is -1.32. The average molecular weight is 358 g/mol. The maximum absolute atomic E-state index is 6.38. The normalized spacial score (nSPS) is 28.7. The van der Waals surface area contributed by atoms with Crippen LogP contribution < -0.4 is 10.5 Å². The van der Waals surface area contributed by atoms with Gasteiger partial charge in [-0.2, -0.15) is 0 Å². The van der Waals surface area contributed by atoms with Crippen LogP contribution in [0.4, 0.5) is 0 Å². The van der Waals surface area contributed by atoms with Crippen LogP contribution in [0.3, 0.4) is 0 Å². The summed E-state index contributed by atoms with van der Waals surface area (Å²) in [6.07, 6.45) is 3.26. The quantitative estimate of drug-likeness (QED) is 0.905. The molecule has 1 fully saturated rings. The molecule has 2 aliphatic rings. The fourth-order valence-electron chi connectivity index (χ4n) is 4.33. The van der Waals surface area contributed by atoms with Crippen molar-refractivity contribution in [1.29, 1.82) is 0 Å². The Morgan fingerprint density at radius 3 is 2.77 bits per heavy atom. The van der Waals surface area contributed by atoms with Gasteiger partial charge in [-0.05, 0) is 60.1 Å². The molecule has 3 heteroatoms. The molecule has 2 aromatic carbocycles. The third kappa shape index (κ3) is 2.03. The van der Waals surface area contributed by atoms with Crippen molar-refractivity contribution in [2.75, 3.05) is 7.11 Å². The molecule has 0 aromatic heterocycles. The van der Waals surface area contributed by atoms with Crippen molar-refractivity contribution >= 4 is 15.9 Å². The smallest absolute Gasteiger partial charge is 0.122 e. The molecule has 1 saturated carbocycles. The van der Waals surface area contributed by atoms with Crippen LogP contribution in [-0.4, -0.2) is 13.2 Å². The first-order valence-corrected chi connectivity index (χ1v) is 8.61. The van der Waals surface area contributed by atoms with Gasteiger partial charge in [-0.1, -0.05) is 40.2 Å². The number of hydrogen-bond donors (Lipinski definition) is 1. The summed E-state index contributed by atoms with van der Waals surface area (Å²) in [6.45, 7) is 0. The minimum atomic E-state index is 0.198. The Morgan fingerprint density at radius 2 is 2.05 bits per heavy atom. The molecule has 0 bridgehead atoms. The summed E-state index contributed by atoms with van der Waals surface area (Å²) in [6, 6.07) is 15.4. The van der Waals surface area contributed by atoms with Gasteiger partial charge in [-0.15, -0.1) is 0 Å². The van der Waals surface area contributed by atoms with E-state index in [2.05, 4.69) is 46.3 Å². The van der Waals surface area contributed by atoms with Crippen LogP contribution in [0.25, 0.3) is 0 Å². The lowest BCUT2D eigenvalue weighted by Crippen LogP contribution is -2.25. The number of rotatable bonds is 3. The van der Waals surface area contributed by atoms with Crippen molar-refractivity contribution in [3.05, 3.63) is 63.6 Å². The number of nitrogens with two attached hydrogens (primary N) is 1. The highest BCUT2D eigenvalue weighted by Gasteiger charge is 2.61. The number of methoxy groups -OCH3 is 1. The molecule has 2 N–H and O–H groups in total. The van der Waals surface area contributed by atoms with Gasteiger partial charge < -0.3 is 10.5 Å². The molecule has 2 aromatic rings. The average Bonchev–Trinajstić information content (AvgIpc) is 3.09. The van der Waals surface area contributed by atoms with Crippen molar-refractivity contribution in [1.82, 2.24) is 0 Å². The molecule has 0 radical (unpaired) electrons. The van der Waals surface area contributed by atoms with Gasteiger partial charge in [0.25, 0.3) is 0 Å². The van der Waals surface area contributed by atoms with E-state index in [0.717, 1.165) is 29.5 Å². The third-order valence-corrected chi connectivity index (χ3v) is 5.97. The Bertz CT molecular complexity index is 729. The van der Waals surface area contributed by atoms with Gasteiger partial charge in [0.15, 0.2) is 0 Å². The first-order chi connectivity index (χ1) is 10.6. The van der Waals surface area contributed by atoms with Crippen LogP contribution in [0.15, 0.2) is 46.9 Å². The van der Waals surface area contributed by atoms with E-state index in [0.29, 0.717) is 12.0 Å². The molecule has 3 unspecified atom stereocenters. The van der Waals surface area contributed by atoms with Crippen LogP contribution in [0.1, 0.15) is 23.1 Å². The van der Waals surface area contributed by atoms with Gasteiger partial charge in [-0.3, -0.25) is 0 Å². The lowest BCUT2D eigenvalue weighted by atomic mass is 9.83. The second-order valence-corrected chi connectivity index (χ2v) is 7.49. The number of benzene rings is 2. The van der Waals surface area contributed by atoms with E-state index in [1.54, 1.807) is 7.11 Å². The largest absolute Gasteiger partial charge is 0.496 e. The van der Waals surface area contributed by atoms with Gasteiger partial charge in [0.2, 0.25) is 0 Å². The summed E-state index contributed by atoms with van der Waals surface area (Å²) in [5, 5.41) is 0. The van der Waals surface area contributed by atoms with Gasteiger partial charge in [-0.25, -0.2) is 0 Å². The van der Waals surface area contributed by atoms with E-state index in [-0.39, 0.29) is 5.41 Å². The lowest BCUT2D eigenvalue weighted by Gasteiger charge is -2.22. The second-order valence-electron chi connectivity index (χ2n) is 6.57. The van der Waals surface area contributed by atoms with Gasteiger partial charge in [0.05, 0.1) is 7.11 Å². The predicted octanol–water partition coefficient (Wildman–Crippen LogP) is 3.84. The van der Waals surface area contributed by atoms with Crippen molar-refractivity contribution in [2.24, 2.45) is 11.7 Å². The molecule has 0 aliphatic heterocycles. The topological polar surface area (TPSA) is 35.2 Å². The molecule has 2 nitrogen and oxygen atoms in total. The van der Waals surface area contributed by atoms with Crippen LogP contribution in [0, 0.1) is 5.92 Å². The maximum atomic E-state index is 6.38. The molecule has 1 spiro atoms. The van der Waals surface area contributed by atoms with Crippen molar-refractivity contribution in [3.8, 4) is 5.75 Å². The highest BCUT2D eigenvalue weighted by molar-refractivity contribution is 9.10. The van der Waals surface area contributed by atoms with E-state index in [4.69, 9.17) is 10.5 Å². The number of fused-ring (bicyclic) bond motifs is 2. The van der Waals surface area contributed by atoms with Gasteiger partial charge in [0.1, 0.15) is 5.75 Å². The Balaban J connectivity index is 1.69. The molecule has 0 saturated heterocycles. The molecular weight excluding hydrogens is 338 g/mol. The molecule has 0 heterocycles. The Morgan fingerprint density at radius 1 is 1.27 bits per heavy atom. The number of hydrogen-bond acceptors (Lipinski definition) is 2. The van der Waals surface area contributed by atoms with Crippen molar-refractivity contribution in [2.45, 2.75) is 30.7 Å². The molecular formula is C19H20BrNO. The van der Waals surface area contributed by atoms with Gasteiger partial charge >= 0.3 is 0 Å². The summed E-state index contributed by atoms with van der Waals surface area (Å²) >= 11 is 3.58. The second kappa shape index (κ2) is 5.10. The first kappa shape index (κ1) is 14.3. The minimum absolute atomic E-state index is 0.198. The van der Waals surface area contributed by atoms with E-state index in [1.807, 2.05) is 12.1 Å². The minimum Gasteiger partial charge on any atom is -0.496 e. The Labute approximate surface area is 139 Å². The zero-order valence-electron chi connectivity index (χ0n) is 12.7. The SMILES string of the molecule is COc1ccc(Br)cc1CC1Cc2ccccc2C12CC2N. The molecule has 4 rings (SSSR count). The van der Waals surface area contributed by atoms with E-state index in [1.165, 1.54) is 16.7 Å². The molecule has 3 atom stereocenters.